The molecule has 2 N–H and O–H groups in total. The van der Waals surface area contributed by atoms with Crippen LogP contribution in [0.4, 0.5) is 0 Å². The van der Waals surface area contributed by atoms with Gasteiger partial charge in [0.2, 0.25) is 0 Å². The molecule has 7 nitrogen and oxygen atoms in total. The molecule has 1 fully saturated rings. The van der Waals surface area contributed by atoms with Crippen LogP contribution in [0.2, 0.25) is 5.02 Å². The van der Waals surface area contributed by atoms with Crippen molar-refractivity contribution in [2.45, 2.75) is 37.4 Å². The van der Waals surface area contributed by atoms with E-state index in [4.69, 9.17) is 16.3 Å². The van der Waals surface area contributed by atoms with E-state index >= 15 is 0 Å². The van der Waals surface area contributed by atoms with Gasteiger partial charge in [-0.15, -0.1) is 0 Å². The molecule has 6 rings (SSSR count). The van der Waals surface area contributed by atoms with Gasteiger partial charge in [0.1, 0.15) is 11.4 Å². The summed E-state index contributed by atoms with van der Waals surface area (Å²) in [6.45, 7) is 0.988. The Labute approximate surface area is 207 Å². The molecule has 1 atom stereocenters. The maximum absolute atomic E-state index is 13.4. The Morgan fingerprint density at radius 3 is 2.86 bits per heavy atom. The smallest absolute Gasteiger partial charge is 0.263 e. The van der Waals surface area contributed by atoms with E-state index in [-0.39, 0.29) is 5.91 Å². The largest absolute Gasteiger partial charge is 0.479 e. The molecule has 4 aromatic rings. The second-order valence-corrected chi connectivity index (χ2v) is 9.87. The number of aromatic amines is 1. The first kappa shape index (κ1) is 22.1. The van der Waals surface area contributed by atoms with E-state index in [9.17, 15) is 9.90 Å². The SMILES string of the molecule is O=C([C@H]1Cc2cc(Cl)cc(-c3ccnc4[nH]ccc34)c2O1)N1CCC(O)(Cc2cccnc2)CC1. The zero-order chi connectivity index (χ0) is 24.0. The molecule has 0 unspecified atom stereocenters. The molecule has 1 aromatic carbocycles. The van der Waals surface area contributed by atoms with Crippen molar-refractivity contribution in [2.75, 3.05) is 13.1 Å². The van der Waals surface area contributed by atoms with Crippen LogP contribution in [0.5, 0.6) is 5.75 Å². The summed E-state index contributed by atoms with van der Waals surface area (Å²) in [6.07, 6.45) is 8.56. The molecule has 2 aliphatic rings. The lowest BCUT2D eigenvalue weighted by Crippen LogP contribution is -2.51. The highest BCUT2D eigenvalue weighted by Gasteiger charge is 2.39. The summed E-state index contributed by atoms with van der Waals surface area (Å²) in [7, 11) is 0. The number of carbonyl (C=O) groups excluding carboxylic acids is 1. The maximum atomic E-state index is 13.4. The molecule has 1 amide bonds. The fraction of sp³-hybridized carbons (Fsp3) is 0.296. The van der Waals surface area contributed by atoms with Crippen molar-refractivity contribution in [2.24, 2.45) is 0 Å². The Kier molecular flexibility index (Phi) is 5.46. The Bertz CT molecular complexity index is 1400. The number of aromatic nitrogens is 3. The van der Waals surface area contributed by atoms with Crippen molar-refractivity contribution in [3.8, 4) is 16.9 Å². The van der Waals surface area contributed by atoms with Gasteiger partial charge >= 0.3 is 0 Å². The van der Waals surface area contributed by atoms with Gasteiger partial charge in [-0.2, -0.15) is 0 Å². The molecule has 2 aliphatic heterocycles. The van der Waals surface area contributed by atoms with Gasteiger partial charge < -0.3 is 19.7 Å². The summed E-state index contributed by atoms with van der Waals surface area (Å²) in [6, 6.07) is 11.5. The molecule has 0 aliphatic carbocycles. The van der Waals surface area contributed by atoms with Crippen molar-refractivity contribution in [1.29, 1.82) is 0 Å². The lowest BCUT2D eigenvalue weighted by atomic mass is 9.85. The number of fused-ring (bicyclic) bond motifs is 2. The molecule has 8 heteroatoms. The van der Waals surface area contributed by atoms with Crippen molar-refractivity contribution in [1.82, 2.24) is 19.9 Å². The average Bonchev–Trinajstić information content (AvgIpc) is 3.51. The third-order valence-electron chi connectivity index (χ3n) is 7.08. The van der Waals surface area contributed by atoms with Gasteiger partial charge in [0.05, 0.1) is 5.60 Å². The lowest BCUT2D eigenvalue weighted by molar-refractivity contribution is -0.142. The number of carbonyl (C=O) groups is 1. The van der Waals surface area contributed by atoms with Crippen molar-refractivity contribution >= 4 is 28.5 Å². The third kappa shape index (κ3) is 4.15. The normalized spacial score (nSPS) is 18.9. The average molecular weight is 489 g/mol. The monoisotopic (exact) mass is 488 g/mol. The molecule has 0 bridgehead atoms. The van der Waals surface area contributed by atoms with Gasteiger partial charge in [-0.3, -0.25) is 9.78 Å². The molecule has 1 saturated heterocycles. The Morgan fingerprint density at radius 2 is 2.06 bits per heavy atom. The molecule has 3 aromatic heterocycles. The number of hydrogen-bond donors (Lipinski definition) is 2. The highest BCUT2D eigenvalue weighted by Crippen LogP contribution is 2.43. The number of rotatable bonds is 4. The number of ether oxygens (including phenoxy) is 1. The minimum Gasteiger partial charge on any atom is -0.479 e. The summed E-state index contributed by atoms with van der Waals surface area (Å²) < 4.78 is 6.28. The summed E-state index contributed by atoms with van der Waals surface area (Å²) >= 11 is 6.47. The zero-order valence-electron chi connectivity index (χ0n) is 19.1. The van der Waals surface area contributed by atoms with Gasteiger partial charge in [0.15, 0.2) is 6.10 Å². The van der Waals surface area contributed by atoms with Gasteiger partial charge in [0, 0.05) is 72.3 Å². The first-order valence-electron chi connectivity index (χ1n) is 11.8. The first-order valence-corrected chi connectivity index (χ1v) is 12.2. The number of likely N-dealkylation sites (tertiary alicyclic amines) is 1. The van der Waals surface area contributed by atoms with Crippen molar-refractivity contribution in [3.05, 3.63) is 77.3 Å². The number of piperidine rings is 1. The minimum absolute atomic E-state index is 0.0479. The van der Waals surface area contributed by atoms with E-state index < -0.39 is 11.7 Å². The van der Waals surface area contributed by atoms with Crippen LogP contribution in [0.25, 0.3) is 22.2 Å². The standard InChI is InChI=1S/C27H25ClN4O3/c28-19-12-18-13-23(35-24(18)22(14-19)20-3-8-30-25-21(20)4-9-31-25)26(33)32-10-5-27(34,6-11-32)15-17-2-1-7-29-16-17/h1-4,7-9,12,14,16,23,34H,5-6,10-11,13,15H2,(H,30,31)/t23-/m1/s1. The number of H-pyrrole nitrogens is 1. The number of benzene rings is 1. The van der Waals surface area contributed by atoms with Gasteiger partial charge in [-0.25, -0.2) is 4.98 Å². The van der Waals surface area contributed by atoms with Crippen molar-refractivity contribution < 1.29 is 14.6 Å². The van der Waals surface area contributed by atoms with E-state index in [1.54, 1.807) is 18.6 Å². The Balaban J connectivity index is 1.19. The number of pyridine rings is 2. The van der Waals surface area contributed by atoms with Crippen LogP contribution in [-0.4, -0.2) is 55.7 Å². The first-order chi connectivity index (χ1) is 17.0. The van der Waals surface area contributed by atoms with Crippen LogP contribution in [-0.2, 0) is 17.6 Å². The zero-order valence-corrected chi connectivity index (χ0v) is 19.8. The maximum Gasteiger partial charge on any atom is 0.263 e. The molecule has 0 spiro atoms. The lowest BCUT2D eigenvalue weighted by Gasteiger charge is -2.39. The van der Waals surface area contributed by atoms with Crippen LogP contribution >= 0.6 is 11.6 Å². The summed E-state index contributed by atoms with van der Waals surface area (Å²) in [5.74, 6) is 0.653. The number of hydrogen-bond acceptors (Lipinski definition) is 5. The Morgan fingerprint density at radius 1 is 1.20 bits per heavy atom. The minimum atomic E-state index is -0.830. The number of aliphatic hydroxyl groups is 1. The fourth-order valence-electron chi connectivity index (χ4n) is 5.26. The van der Waals surface area contributed by atoms with Crippen LogP contribution in [0.3, 0.4) is 0 Å². The second-order valence-electron chi connectivity index (χ2n) is 9.44. The van der Waals surface area contributed by atoms with E-state index in [1.165, 1.54) is 0 Å². The third-order valence-corrected chi connectivity index (χ3v) is 7.30. The molecular formula is C27H25ClN4O3. The topological polar surface area (TPSA) is 91.3 Å². The molecule has 0 saturated carbocycles. The fourth-order valence-corrected chi connectivity index (χ4v) is 5.51. The number of nitrogens with one attached hydrogen (secondary N) is 1. The predicted octanol–water partition coefficient (Wildman–Crippen LogP) is 4.18. The van der Waals surface area contributed by atoms with Crippen LogP contribution < -0.4 is 4.74 Å². The van der Waals surface area contributed by atoms with Crippen LogP contribution in [0.15, 0.2) is 61.2 Å². The predicted molar refractivity (Wildman–Crippen MR) is 133 cm³/mol. The molecule has 5 heterocycles. The molecule has 0 radical (unpaired) electrons. The second kappa shape index (κ2) is 8.66. The van der Waals surface area contributed by atoms with Crippen LogP contribution in [0.1, 0.15) is 24.0 Å². The van der Waals surface area contributed by atoms with Crippen LogP contribution in [0, 0.1) is 0 Å². The summed E-state index contributed by atoms with van der Waals surface area (Å²) in [5.41, 5.74) is 3.70. The van der Waals surface area contributed by atoms with Gasteiger partial charge in [0.25, 0.3) is 5.91 Å². The summed E-state index contributed by atoms with van der Waals surface area (Å²) in [4.78, 5) is 26.9. The van der Waals surface area contributed by atoms with E-state index in [0.29, 0.717) is 49.5 Å². The molecular weight excluding hydrogens is 464 g/mol. The number of nitrogens with zero attached hydrogens (tertiary/aromatic N) is 3. The van der Waals surface area contributed by atoms with Crippen molar-refractivity contribution in [3.63, 3.8) is 0 Å². The highest BCUT2D eigenvalue weighted by atomic mass is 35.5. The van der Waals surface area contributed by atoms with E-state index in [2.05, 4.69) is 15.0 Å². The Hall–Kier alpha value is -3.42. The molecule has 178 valence electrons. The van der Waals surface area contributed by atoms with E-state index in [1.807, 2.05) is 47.5 Å². The van der Waals surface area contributed by atoms with Gasteiger partial charge in [-0.1, -0.05) is 17.7 Å². The summed E-state index contributed by atoms with van der Waals surface area (Å²) in [5, 5.41) is 12.7. The van der Waals surface area contributed by atoms with Gasteiger partial charge in [-0.05, 0) is 54.3 Å². The van der Waals surface area contributed by atoms with E-state index in [0.717, 1.165) is 33.3 Å². The number of halogens is 1. The highest BCUT2D eigenvalue weighted by molar-refractivity contribution is 6.31. The number of amides is 1. The molecule has 35 heavy (non-hydrogen) atoms. The quantitative estimate of drug-likeness (QED) is 0.449.